The monoisotopic (exact) mass is 709 g/mol. The minimum Gasteiger partial charge on any atom is -0.497 e. The molecule has 6 aromatic rings. The van der Waals surface area contributed by atoms with E-state index < -0.39 is 5.60 Å². The van der Waals surface area contributed by atoms with Crippen LogP contribution in [0.25, 0.3) is 39.1 Å². The van der Waals surface area contributed by atoms with Crippen LogP contribution in [0, 0.1) is 0 Å². The molecule has 1 unspecified atom stereocenters. The SMILES string of the molecule is CCC1(CC)c2ccccc2-c2c1c1c(c3cc(N4CCOCC4)ccc23)OC(c2ccc(OC)cc2)(c2ccc3c(c2)C(C)(C)c2ccccc2-3)C=C1. The predicted molar refractivity (Wildman–Crippen MR) is 221 cm³/mol. The first-order valence-electron chi connectivity index (χ1n) is 19.7. The van der Waals surface area contributed by atoms with Crippen LogP contribution in [-0.4, -0.2) is 33.4 Å². The first kappa shape index (κ1) is 33.3. The van der Waals surface area contributed by atoms with Gasteiger partial charge in [-0.3, -0.25) is 0 Å². The van der Waals surface area contributed by atoms with Gasteiger partial charge in [0.1, 0.15) is 11.5 Å². The van der Waals surface area contributed by atoms with Gasteiger partial charge in [0, 0.05) is 51.7 Å². The molecule has 1 atom stereocenters. The number of nitrogens with zero attached hydrogens (tertiary/aromatic N) is 1. The molecule has 270 valence electrons. The zero-order valence-corrected chi connectivity index (χ0v) is 32.0. The Kier molecular flexibility index (Phi) is 7.45. The molecular weight excluding hydrogens is 663 g/mol. The van der Waals surface area contributed by atoms with Crippen molar-refractivity contribution in [1.82, 2.24) is 0 Å². The number of hydrogen-bond acceptors (Lipinski definition) is 4. The van der Waals surface area contributed by atoms with Gasteiger partial charge in [0.2, 0.25) is 0 Å². The largest absolute Gasteiger partial charge is 0.497 e. The second kappa shape index (κ2) is 12.1. The molecule has 54 heavy (non-hydrogen) atoms. The highest BCUT2D eigenvalue weighted by Crippen LogP contribution is 2.61. The van der Waals surface area contributed by atoms with Crippen LogP contribution in [0.5, 0.6) is 11.5 Å². The van der Waals surface area contributed by atoms with Crippen LogP contribution in [0.2, 0.25) is 0 Å². The maximum absolute atomic E-state index is 7.86. The van der Waals surface area contributed by atoms with Crippen molar-refractivity contribution in [2.75, 3.05) is 38.3 Å². The topological polar surface area (TPSA) is 30.9 Å². The van der Waals surface area contributed by atoms with E-state index in [0.29, 0.717) is 0 Å². The van der Waals surface area contributed by atoms with Crippen molar-refractivity contribution >= 4 is 22.5 Å². The van der Waals surface area contributed by atoms with E-state index in [4.69, 9.17) is 14.2 Å². The molecule has 0 radical (unpaired) electrons. The number of benzene rings is 6. The molecule has 4 heteroatoms. The predicted octanol–water partition coefficient (Wildman–Crippen LogP) is 11.4. The summed E-state index contributed by atoms with van der Waals surface area (Å²) in [6, 6.07) is 40.6. The van der Waals surface area contributed by atoms with Crippen LogP contribution in [0.4, 0.5) is 5.69 Å². The lowest BCUT2D eigenvalue weighted by Gasteiger charge is -2.40. The van der Waals surface area contributed by atoms with Crippen LogP contribution in [0.1, 0.15) is 79.5 Å². The molecular formula is C50H47NO3. The average Bonchev–Trinajstić information content (AvgIpc) is 3.66. The third kappa shape index (κ3) is 4.47. The maximum atomic E-state index is 7.86. The molecule has 0 aromatic heterocycles. The minimum atomic E-state index is -0.887. The van der Waals surface area contributed by atoms with E-state index in [1.165, 1.54) is 61.1 Å². The molecule has 2 aliphatic carbocycles. The van der Waals surface area contributed by atoms with Crippen LogP contribution in [0.3, 0.4) is 0 Å². The number of fused-ring (bicyclic) bond motifs is 11. The molecule has 1 saturated heterocycles. The van der Waals surface area contributed by atoms with E-state index in [1.807, 2.05) is 0 Å². The highest BCUT2D eigenvalue weighted by Gasteiger charge is 2.47. The van der Waals surface area contributed by atoms with Crippen molar-refractivity contribution in [2.24, 2.45) is 0 Å². The average molecular weight is 710 g/mol. The molecule has 0 saturated carbocycles. The number of hydrogen-bond donors (Lipinski definition) is 0. The van der Waals surface area contributed by atoms with E-state index in [0.717, 1.165) is 67.2 Å². The molecule has 4 aliphatic rings. The highest BCUT2D eigenvalue weighted by molar-refractivity contribution is 6.09. The Morgan fingerprint density at radius 1 is 0.685 bits per heavy atom. The number of anilines is 1. The molecule has 0 N–H and O–H groups in total. The Balaban J connectivity index is 1.26. The van der Waals surface area contributed by atoms with E-state index in [-0.39, 0.29) is 10.8 Å². The Bertz CT molecular complexity index is 2500. The van der Waals surface area contributed by atoms with Gasteiger partial charge in [-0.15, -0.1) is 0 Å². The second-order valence-corrected chi connectivity index (χ2v) is 16.0. The Labute approximate surface area is 319 Å². The first-order chi connectivity index (χ1) is 26.3. The van der Waals surface area contributed by atoms with Crippen molar-refractivity contribution in [3.05, 3.63) is 154 Å². The van der Waals surface area contributed by atoms with E-state index in [1.54, 1.807) is 7.11 Å². The van der Waals surface area contributed by atoms with Gasteiger partial charge in [-0.1, -0.05) is 113 Å². The second-order valence-electron chi connectivity index (χ2n) is 16.0. The number of morpholine rings is 1. The van der Waals surface area contributed by atoms with Crippen molar-refractivity contribution in [2.45, 2.75) is 57.0 Å². The third-order valence-electron chi connectivity index (χ3n) is 13.3. The lowest BCUT2D eigenvalue weighted by molar-refractivity contribution is 0.122. The van der Waals surface area contributed by atoms with Crippen LogP contribution >= 0.6 is 0 Å². The molecule has 2 aliphatic heterocycles. The minimum absolute atomic E-state index is 0.121. The van der Waals surface area contributed by atoms with Crippen molar-refractivity contribution in [1.29, 1.82) is 0 Å². The summed E-state index contributed by atoms with van der Waals surface area (Å²) in [5, 5.41) is 2.41. The maximum Gasteiger partial charge on any atom is 0.178 e. The zero-order chi connectivity index (χ0) is 36.8. The molecule has 1 fully saturated rings. The van der Waals surface area contributed by atoms with Crippen LogP contribution in [0.15, 0.2) is 115 Å². The van der Waals surface area contributed by atoms with Crippen molar-refractivity contribution < 1.29 is 14.2 Å². The molecule has 0 spiro atoms. The van der Waals surface area contributed by atoms with Crippen molar-refractivity contribution in [3.8, 4) is 33.8 Å². The third-order valence-corrected chi connectivity index (χ3v) is 13.3. The molecule has 2 heterocycles. The van der Waals surface area contributed by atoms with E-state index in [2.05, 4.69) is 154 Å². The molecule has 6 aromatic carbocycles. The van der Waals surface area contributed by atoms with E-state index >= 15 is 0 Å². The first-order valence-corrected chi connectivity index (χ1v) is 19.7. The van der Waals surface area contributed by atoms with Crippen LogP contribution in [-0.2, 0) is 21.2 Å². The van der Waals surface area contributed by atoms with Crippen LogP contribution < -0.4 is 14.4 Å². The summed E-state index contributed by atoms with van der Waals surface area (Å²) in [6.45, 7) is 12.6. The number of methoxy groups -OCH3 is 1. The summed E-state index contributed by atoms with van der Waals surface area (Å²) in [5.41, 5.74) is 14.3. The van der Waals surface area contributed by atoms with Gasteiger partial charge in [-0.25, -0.2) is 0 Å². The molecule has 4 nitrogen and oxygen atoms in total. The normalized spacial score (nSPS) is 19.8. The van der Waals surface area contributed by atoms with Gasteiger partial charge in [-0.05, 0) is 99.1 Å². The zero-order valence-electron chi connectivity index (χ0n) is 32.0. The Morgan fingerprint density at radius 3 is 2.11 bits per heavy atom. The summed E-state index contributed by atoms with van der Waals surface area (Å²) < 4.78 is 19.3. The lowest BCUT2D eigenvalue weighted by atomic mass is 9.71. The fourth-order valence-corrected chi connectivity index (χ4v) is 10.4. The fourth-order valence-electron chi connectivity index (χ4n) is 10.4. The number of rotatable bonds is 6. The quantitative estimate of drug-likeness (QED) is 0.172. The van der Waals surface area contributed by atoms with Gasteiger partial charge >= 0.3 is 0 Å². The molecule has 0 bridgehead atoms. The molecule has 10 rings (SSSR count). The Hall–Kier alpha value is -5.32. The fraction of sp³-hybridized carbons (Fsp3) is 0.280. The van der Waals surface area contributed by atoms with Gasteiger partial charge in [0.15, 0.2) is 5.60 Å². The smallest absolute Gasteiger partial charge is 0.178 e. The highest BCUT2D eigenvalue weighted by atomic mass is 16.5. The Morgan fingerprint density at radius 2 is 1.37 bits per heavy atom. The van der Waals surface area contributed by atoms with E-state index in [9.17, 15) is 0 Å². The summed E-state index contributed by atoms with van der Waals surface area (Å²) in [4.78, 5) is 2.45. The standard InChI is InChI=1S/C50H47NO3/c1-6-49(7-2)43-15-11-9-13-39(43)45-38-23-19-34(51-26-28-53-29-27-51)31-41(38)47-40(46(45)49)24-25-50(54-47,32-16-20-35(52-5)21-17-32)33-18-22-37-36-12-8-10-14-42(36)48(3,4)44(37)30-33/h8-25,30-31H,6-7,26-29H2,1-5H3. The number of ether oxygens (including phenoxy) is 3. The molecule has 0 amide bonds. The van der Waals surface area contributed by atoms with Crippen molar-refractivity contribution in [3.63, 3.8) is 0 Å². The van der Waals surface area contributed by atoms with Gasteiger partial charge in [0.05, 0.1) is 20.3 Å². The van der Waals surface area contributed by atoms with Gasteiger partial charge < -0.3 is 19.1 Å². The van der Waals surface area contributed by atoms with Gasteiger partial charge in [0.25, 0.3) is 0 Å². The summed E-state index contributed by atoms with van der Waals surface area (Å²) in [7, 11) is 1.72. The lowest BCUT2D eigenvalue weighted by Crippen LogP contribution is -2.36. The summed E-state index contributed by atoms with van der Waals surface area (Å²) >= 11 is 0. The van der Waals surface area contributed by atoms with Gasteiger partial charge in [-0.2, -0.15) is 0 Å². The summed E-state index contributed by atoms with van der Waals surface area (Å²) in [5.74, 6) is 1.78. The summed E-state index contributed by atoms with van der Waals surface area (Å²) in [6.07, 6.45) is 6.76.